The van der Waals surface area contributed by atoms with E-state index in [0.717, 1.165) is 23.4 Å². The molecule has 2 aromatic heterocycles. The Hall–Kier alpha value is -6.17. The Balaban J connectivity index is 1.30. The van der Waals surface area contributed by atoms with Crippen molar-refractivity contribution in [1.29, 1.82) is 0 Å². The van der Waals surface area contributed by atoms with Crippen LogP contribution in [0.25, 0.3) is 16.6 Å². The molecule has 9 nitrogen and oxygen atoms in total. The molecule has 0 saturated heterocycles. The first kappa shape index (κ1) is 34.7. The number of para-hydroxylation sites is 2. The van der Waals surface area contributed by atoms with E-state index < -0.39 is 12.4 Å². The van der Waals surface area contributed by atoms with Crippen LogP contribution in [0.15, 0.2) is 132 Å². The Labute approximate surface area is 291 Å². The standard InChI is InChI=1S/C39H33F3N4O5/c1-27(45(26-29-8-7-21-43-25-29)36(47)24-28-13-17-33(18-14-28)51-39(40,41)42)37-44-35-12-6-5-11-34(35)38(48)46(37)30-15-19-32(20-16-30)50-23-22-49-31-9-3-2-4-10-31/h2-21,25,27H,22-24,26H2,1H3. The lowest BCUT2D eigenvalue weighted by Crippen LogP contribution is -2.38. The van der Waals surface area contributed by atoms with Crippen LogP contribution in [-0.4, -0.2) is 44.9 Å². The SMILES string of the molecule is CC(c1nc2ccccc2c(=O)n1-c1ccc(OCCOc2ccccc2)cc1)N(Cc1cccnc1)C(=O)Cc1ccc(OC(F)(F)F)cc1. The molecule has 0 bridgehead atoms. The fourth-order valence-electron chi connectivity index (χ4n) is 5.56. The Morgan fingerprint density at radius 1 is 0.784 bits per heavy atom. The number of ether oxygens (including phenoxy) is 3. The molecule has 51 heavy (non-hydrogen) atoms. The molecule has 0 aliphatic carbocycles. The second-order valence-corrected chi connectivity index (χ2v) is 11.6. The molecule has 0 aliphatic heterocycles. The van der Waals surface area contributed by atoms with Crippen LogP contribution in [-0.2, 0) is 17.8 Å². The summed E-state index contributed by atoms with van der Waals surface area (Å²) in [7, 11) is 0. The number of carbonyl (C=O) groups is 1. The Bertz CT molecular complexity index is 2130. The third kappa shape index (κ3) is 8.90. The zero-order valence-electron chi connectivity index (χ0n) is 27.5. The van der Waals surface area contributed by atoms with Gasteiger partial charge < -0.3 is 19.1 Å². The average Bonchev–Trinajstić information content (AvgIpc) is 3.13. The number of pyridine rings is 1. The van der Waals surface area contributed by atoms with Crippen molar-refractivity contribution in [3.8, 4) is 22.9 Å². The van der Waals surface area contributed by atoms with Gasteiger partial charge in [-0.15, -0.1) is 13.2 Å². The van der Waals surface area contributed by atoms with Crippen LogP contribution >= 0.6 is 0 Å². The maximum absolute atomic E-state index is 14.1. The van der Waals surface area contributed by atoms with Crippen molar-refractivity contribution >= 4 is 16.8 Å². The lowest BCUT2D eigenvalue weighted by Gasteiger charge is -2.31. The van der Waals surface area contributed by atoms with Crippen LogP contribution in [0.1, 0.15) is 29.9 Å². The second-order valence-electron chi connectivity index (χ2n) is 11.6. The van der Waals surface area contributed by atoms with Crippen LogP contribution in [0.5, 0.6) is 17.2 Å². The summed E-state index contributed by atoms with van der Waals surface area (Å²) >= 11 is 0. The molecule has 1 amide bonds. The van der Waals surface area contributed by atoms with Gasteiger partial charge in [0.1, 0.15) is 36.3 Å². The summed E-state index contributed by atoms with van der Waals surface area (Å²) in [5.41, 5.74) is 1.88. The maximum atomic E-state index is 14.1. The highest BCUT2D eigenvalue weighted by atomic mass is 19.4. The van der Waals surface area contributed by atoms with Crippen molar-refractivity contribution in [3.63, 3.8) is 0 Å². The van der Waals surface area contributed by atoms with Gasteiger partial charge in [0.05, 0.1) is 29.1 Å². The number of hydrogen-bond acceptors (Lipinski definition) is 7. The maximum Gasteiger partial charge on any atom is 0.573 e. The molecular formula is C39H33F3N4O5. The number of rotatable bonds is 13. The van der Waals surface area contributed by atoms with Gasteiger partial charge in [0.15, 0.2) is 0 Å². The quantitative estimate of drug-likeness (QED) is 0.116. The number of hydrogen-bond donors (Lipinski definition) is 0. The number of benzene rings is 4. The van der Waals surface area contributed by atoms with Gasteiger partial charge in [0, 0.05) is 18.9 Å². The molecule has 0 fully saturated rings. The Morgan fingerprint density at radius 2 is 1.43 bits per heavy atom. The van der Waals surface area contributed by atoms with Crippen LogP contribution in [0.3, 0.4) is 0 Å². The molecular weight excluding hydrogens is 661 g/mol. The zero-order chi connectivity index (χ0) is 35.8. The van der Waals surface area contributed by atoms with Gasteiger partial charge in [-0.25, -0.2) is 4.98 Å². The summed E-state index contributed by atoms with van der Waals surface area (Å²) < 4.78 is 55.1. The first-order chi connectivity index (χ1) is 24.6. The van der Waals surface area contributed by atoms with E-state index in [0.29, 0.717) is 46.9 Å². The van der Waals surface area contributed by atoms with E-state index in [9.17, 15) is 22.8 Å². The molecule has 2 heterocycles. The van der Waals surface area contributed by atoms with Crippen molar-refractivity contribution in [2.24, 2.45) is 0 Å². The normalized spacial score (nSPS) is 11.9. The Kier molecular flexibility index (Phi) is 10.6. The molecule has 1 unspecified atom stereocenters. The third-order valence-electron chi connectivity index (χ3n) is 8.01. The van der Waals surface area contributed by atoms with Crippen molar-refractivity contribution < 1.29 is 32.2 Å². The molecule has 260 valence electrons. The summed E-state index contributed by atoms with van der Waals surface area (Å²) in [6, 6.07) is 31.4. The predicted octanol–water partition coefficient (Wildman–Crippen LogP) is 7.47. The molecule has 1 atom stereocenters. The molecule has 0 radical (unpaired) electrons. The van der Waals surface area contributed by atoms with E-state index in [1.165, 1.54) is 16.7 Å². The number of halogens is 3. The summed E-state index contributed by atoms with van der Waals surface area (Å²) in [5.74, 6) is 0.902. The van der Waals surface area contributed by atoms with Crippen molar-refractivity contribution in [1.82, 2.24) is 19.4 Å². The van der Waals surface area contributed by atoms with Gasteiger partial charge in [-0.3, -0.25) is 19.1 Å². The minimum absolute atomic E-state index is 0.129. The van der Waals surface area contributed by atoms with Gasteiger partial charge in [-0.1, -0.05) is 48.5 Å². The van der Waals surface area contributed by atoms with E-state index in [2.05, 4.69) is 9.72 Å². The highest BCUT2D eigenvalue weighted by Crippen LogP contribution is 2.27. The fraction of sp³-hybridized carbons (Fsp3) is 0.179. The topological polar surface area (TPSA) is 95.8 Å². The number of carbonyl (C=O) groups excluding carboxylic acids is 1. The summed E-state index contributed by atoms with van der Waals surface area (Å²) in [5, 5.41) is 0.401. The van der Waals surface area contributed by atoms with E-state index in [-0.39, 0.29) is 30.2 Å². The predicted molar refractivity (Wildman–Crippen MR) is 185 cm³/mol. The molecule has 4 aromatic carbocycles. The van der Waals surface area contributed by atoms with Crippen LogP contribution < -0.4 is 19.8 Å². The van der Waals surface area contributed by atoms with Gasteiger partial charge >= 0.3 is 6.36 Å². The van der Waals surface area contributed by atoms with Gasteiger partial charge in [-0.2, -0.15) is 0 Å². The van der Waals surface area contributed by atoms with Crippen molar-refractivity contribution in [2.75, 3.05) is 13.2 Å². The summed E-state index contributed by atoms with van der Waals surface area (Å²) in [6.45, 7) is 2.56. The minimum atomic E-state index is -4.83. The lowest BCUT2D eigenvalue weighted by molar-refractivity contribution is -0.274. The first-order valence-electron chi connectivity index (χ1n) is 16.1. The van der Waals surface area contributed by atoms with E-state index in [4.69, 9.17) is 14.5 Å². The first-order valence-corrected chi connectivity index (χ1v) is 16.1. The van der Waals surface area contributed by atoms with E-state index in [1.54, 1.807) is 78.8 Å². The monoisotopic (exact) mass is 694 g/mol. The van der Waals surface area contributed by atoms with Gasteiger partial charge in [-0.05, 0) is 84.8 Å². The van der Waals surface area contributed by atoms with Gasteiger partial charge in [0.25, 0.3) is 5.56 Å². The molecule has 0 aliphatic rings. The molecule has 12 heteroatoms. The van der Waals surface area contributed by atoms with Crippen LogP contribution in [0.2, 0.25) is 0 Å². The molecule has 0 N–H and O–H groups in total. The second kappa shape index (κ2) is 15.6. The summed E-state index contributed by atoms with van der Waals surface area (Å²) in [6.07, 6.45) is -1.70. The smallest absolute Gasteiger partial charge is 0.490 e. The highest BCUT2D eigenvalue weighted by Gasteiger charge is 2.31. The Morgan fingerprint density at radius 3 is 2.10 bits per heavy atom. The highest BCUT2D eigenvalue weighted by molar-refractivity contribution is 5.80. The fourth-order valence-corrected chi connectivity index (χ4v) is 5.56. The van der Waals surface area contributed by atoms with Crippen molar-refractivity contribution in [2.45, 2.75) is 32.3 Å². The number of fused-ring (bicyclic) bond motifs is 1. The molecule has 6 rings (SSSR count). The molecule has 0 saturated carbocycles. The third-order valence-corrected chi connectivity index (χ3v) is 8.01. The van der Waals surface area contributed by atoms with E-state index >= 15 is 0 Å². The molecule has 6 aromatic rings. The van der Waals surface area contributed by atoms with Crippen LogP contribution in [0.4, 0.5) is 13.2 Å². The lowest BCUT2D eigenvalue weighted by atomic mass is 10.1. The average molecular weight is 695 g/mol. The summed E-state index contributed by atoms with van der Waals surface area (Å²) in [4.78, 5) is 38.9. The van der Waals surface area contributed by atoms with E-state index in [1.807, 2.05) is 36.4 Å². The number of alkyl halides is 3. The zero-order valence-corrected chi connectivity index (χ0v) is 27.5. The number of aromatic nitrogens is 3. The van der Waals surface area contributed by atoms with Crippen LogP contribution in [0, 0.1) is 0 Å². The van der Waals surface area contributed by atoms with Gasteiger partial charge in [0.2, 0.25) is 5.91 Å². The minimum Gasteiger partial charge on any atom is -0.490 e. The molecule has 0 spiro atoms. The van der Waals surface area contributed by atoms with Crippen molar-refractivity contribution in [3.05, 3.63) is 155 Å². The largest absolute Gasteiger partial charge is 0.573 e. The number of nitrogens with zero attached hydrogens (tertiary/aromatic N) is 4. The number of amides is 1.